The molecular weight excluding hydrogens is 433 g/mol. The van der Waals surface area contributed by atoms with E-state index in [1.807, 2.05) is 19.2 Å². The third kappa shape index (κ3) is 2.88. The summed E-state index contributed by atoms with van der Waals surface area (Å²) in [5, 5.41) is 9.22. The minimum atomic E-state index is -0.248. The summed E-state index contributed by atoms with van der Waals surface area (Å²) in [5.41, 5.74) is 10.3. The van der Waals surface area contributed by atoms with E-state index < -0.39 is 0 Å². The second-order valence-corrected chi connectivity index (χ2v) is 9.36. The number of halogens is 1. The summed E-state index contributed by atoms with van der Waals surface area (Å²) in [7, 11) is 0. The molecule has 0 radical (unpaired) electrons. The molecule has 0 spiro atoms. The first-order chi connectivity index (χ1) is 16.6. The van der Waals surface area contributed by atoms with E-state index >= 15 is 0 Å². The molecule has 3 atom stereocenters. The Bertz CT molecular complexity index is 1570. The molecule has 9 nitrogen and oxygen atoms in total. The lowest BCUT2D eigenvalue weighted by molar-refractivity contribution is 0.471. The topological polar surface area (TPSA) is 113 Å². The maximum Gasteiger partial charge on any atom is 0.231 e. The summed E-state index contributed by atoms with van der Waals surface area (Å²) in [6, 6.07) is 5.58. The molecule has 1 saturated carbocycles. The van der Waals surface area contributed by atoms with Gasteiger partial charge in [0.1, 0.15) is 17.3 Å². The van der Waals surface area contributed by atoms with Crippen LogP contribution < -0.4 is 16.0 Å². The van der Waals surface area contributed by atoms with Gasteiger partial charge in [-0.2, -0.15) is 15.1 Å². The monoisotopic (exact) mass is 457 g/mol. The van der Waals surface area contributed by atoms with Gasteiger partial charge in [-0.05, 0) is 42.9 Å². The van der Waals surface area contributed by atoms with E-state index in [1.165, 1.54) is 0 Å². The molecule has 4 aromatic heterocycles. The van der Waals surface area contributed by atoms with Crippen LogP contribution >= 0.6 is 0 Å². The van der Waals surface area contributed by atoms with Gasteiger partial charge in [0.05, 0.1) is 35.2 Å². The lowest BCUT2D eigenvalue weighted by atomic mass is 10.0. The van der Waals surface area contributed by atoms with Gasteiger partial charge in [0.15, 0.2) is 5.65 Å². The van der Waals surface area contributed by atoms with Crippen LogP contribution in [0.1, 0.15) is 25.3 Å². The zero-order valence-electron chi connectivity index (χ0n) is 18.7. The molecule has 1 aliphatic heterocycles. The van der Waals surface area contributed by atoms with Crippen LogP contribution in [-0.4, -0.2) is 48.2 Å². The molecule has 5 aromatic rings. The van der Waals surface area contributed by atoms with Crippen molar-refractivity contribution >= 4 is 45.0 Å². The van der Waals surface area contributed by atoms with E-state index in [9.17, 15) is 4.39 Å². The number of aromatic nitrogens is 6. The quantitative estimate of drug-likeness (QED) is 0.378. The van der Waals surface area contributed by atoms with Crippen molar-refractivity contribution in [3.63, 3.8) is 0 Å². The number of nitrogens with zero attached hydrogens (tertiary/aromatic N) is 6. The van der Waals surface area contributed by atoms with Crippen molar-refractivity contribution < 1.29 is 4.39 Å². The van der Waals surface area contributed by atoms with Crippen LogP contribution in [0.5, 0.6) is 0 Å². The number of aromatic amines is 1. The van der Waals surface area contributed by atoms with E-state index in [4.69, 9.17) is 15.7 Å². The lowest BCUT2D eigenvalue weighted by Crippen LogP contribution is -2.41. The van der Waals surface area contributed by atoms with Crippen LogP contribution in [0.3, 0.4) is 0 Å². The zero-order chi connectivity index (χ0) is 23.0. The van der Waals surface area contributed by atoms with E-state index in [0.717, 1.165) is 58.4 Å². The molecule has 0 amide bonds. The molecule has 7 rings (SSSR count). The number of hydrogen-bond donors (Lipinski definition) is 3. The number of piperidine rings is 1. The highest BCUT2D eigenvalue weighted by atomic mass is 19.1. The Morgan fingerprint density at radius 3 is 2.97 bits per heavy atom. The van der Waals surface area contributed by atoms with Crippen molar-refractivity contribution in [3.8, 4) is 0 Å². The number of nitrogens with two attached hydrogens (primary N) is 1. The van der Waals surface area contributed by atoms with Gasteiger partial charge in [0, 0.05) is 30.1 Å². The van der Waals surface area contributed by atoms with Gasteiger partial charge < -0.3 is 20.9 Å². The maximum atomic E-state index is 14.6. The molecule has 2 bridgehead atoms. The molecule has 0 unspecified atom stereocenters. The average molecular weight is 458 g/mol. The Morgan fingerprint density at radius 2 is 2.18 bits per heavy atom. The van der Waals surface area contributed by atoms with Crippen molar-refractivity contribution in [1.82, 2.24) is 29.5 Å². The van der Waals surface area contributed by atoms with Gasteiger partial charge in [-0.25, -0.2) is 13.9 Å². The standard InChI is InChI=1S/C24H24FN9/c1-2-12-5-14(25)7-17-20-22(30-21(12)17)31-24(29-15-9-27-19-3-4-28-34(19)11-15)32-23(20)33-10-13-6-16(33)8-18(13)26/h3-5,7,9,11,13,16,18H,2,6,8,10,26H2,1H3,(H2,29,30,31,32)/t13-,16-,18-/m1/s1. The summed E-state index contributed by atoms with van der Waals surface area (Å²) in [6.07, 6.45) is 8.00. The number of anilines is 3. The van der Waals surface area contributed by atoms with Crippen LogP contribution in [0.4, 0.5) is 21.8 Å². The van der Waals surface area contributed by atoms with E-state index in [1.54, 1.807) is 29.0 Å². The van der Waals surface area contributed by atoms with Crippen molar-refractivity contribution in [2.45, 2.75) is 38.3 Å². The Balaban J connectivity index is 1.41. The first-order valence-corrected chi connectivity index (χ1v) is 11.7. The number of hydrogen-bond acceptors (Lipinski definition) is 7. The Hall–Kier alpha value is -3.79. The molecule has 2 aliphatic rings. The third-order valence-electron chi connectivity index (χ3n) is 7.34. The lowest BCUT2D eigenvalue weighted by Gasteiger charge is -2.31. The molecule has 34 heavy (non-hydrogen) atoms. The molecule has 5 heterocycles. The van der Waals surface area contributed by atoms with Crippen LogP contribution in [-0.2, 0) is 6.42 Å². The van der Waals surface area contributed by atoms with E-state index in [-0.39, 0.29) is 11.9 Å². The smallest absolute Gasteiger partial charge is 0.231 e. The molecule has 1 aromatic carbocycles. The molecule has 172 valence electrons. The van der Waals surface area contributed by atoms with Gasteiger partial charge in [0.25, 0.3) is 0 Å². The molecular formula is C24H24FN9. The molecule has 1 aliphatic carbocycles. The predicted molar refractivity (Wildman–Crippen MR) is 129 cm³/mol. The van der Waals surface area contributed by atoms with Crippen molar-refractivity contribution in [2.24, 2.45) is 11.7 Å². The molecule has 2 fully saturated rings. The molecule has 4 N–H and O–H groups in total. The number of rotatable bonds is 4. The van der Waals surface area contributed by atoms with Crippen molar-refractivity contribution in [2.75, 3.05) is 16.8 Å². The van der Waals surface area contributed by atoms with E-state index in [2.05, 4.69) is 25.3 Å². The fourth-order valence-corrected chi connectivity index (χ4v) is 5.71. The molecule has 10 heteroatoms. The first-order valence-electron chi connectivity index (χ1n) is 11.7. The second-order valence-electron chi connectivity index (χ2n) is 9.36. The van der Waals surface area contributed by atoms with E-state index in [0.29, 0.717) is 30.0 Å². The van der Waals surface area contributed by atoms with Crippen LogP contribution in [0.25, 0.3) is 27.6 Å². The minimum absolute atomic E-state index is 0.232. The van der Waals surface area contributed by atoms with Gasteiger partial charge in [-0.15, -0.1) is 0 Å². The Morgan fingerprint density at radius 1 is 1.26 bits per heavy atom. The third-order valence-corrected chi connectivity index (χ3v) is 7.34. The van der Waals surface area contributed by atoms with Crippen LogP contribution in [0, 0.1) is 11.7 Å². The summed E-state index contributed by atoms with van der Waals surface area (Å²) in [5.74, 6) is 1.47. The summed E-state index contributed by atoms with van der Waals surface area (Å²) in [4.78, 5) is 19.9. The average Bonchev–Trinajstić information content (AvgIpc) is 3.60. The second kappa shape index (κ2) is 7.10. The highest BCUT2D eigenvalue weighted by Crippen LogP contribution is 2.43. The fourth-order valence-electron chi connectivity index (χ4n) is 5.71. The zero-order valence-corrected chi connectivity index (χ0v) is 18.7. The van der Waals surface area contributed by atoms with Crippen LogP contribution in [0.2, 0.25) is 0 Å². The predicted octanol–water partition coefficient (Wildman–Crippen LogP) is 3.52. The Kier molecular flexibility index (Phi) is 4.11. The number of benzene rings is 1. The van der Waals surface area contributed by atoms with Crippen molar-refractivity contribution in [1.29, 1.82) is 0 Å². The number of fused-ring (bicyclic) bond motifs is 6. The number of aryl methyl sites for hydroxylation is 1. The fraction of sp³-hybridized carbons (Fsp3) is 0.333. The summed E-state index contributed by atoms with van der Waals surface area (Å²) >= 11 is 0. The molecule has 1 saturated heterocycles. The largest absolute Gasteiger partial charge is 0.352 e. The number of nitrogens with one attached hydrogen (secondary N) is 2. The van der Waals surface area contributed by atoms with Gasteiger partial charge in [-0.1, -0.05) is 6.92 Å². The van der Waals surface area contributed by atoms with Gasteiger partial charge >= 0.3 is 0 Å². The minimum Gasteiger partial charge on any atom is -0.352 e. The van der Waals surface area contributed by atoms with Gasteiger partial charge in [0.2, 0.25) is 5.95 Å². The normalized spacial score (nSPS) is 22.0. The highest BCUT2D eigenvalue weighted by molar-refractivity contribution is 6.12. The first kappa shape index (κ1) is 19.7. The van der Waals surface area contributed by atoms with Gasteiger partial charge in [-0.3, -0.25) is 0 Å². The summed E-state index contributed by atoms with van der Waals surface area (Å²) in [6.45, 7) is 2.87. The number of H-pyrrole nitrogens is 1. The van der Waals surface area contributed by atoms with Crippen LogP contribution in [0.15, 0.2) is 36.8 Å². The highest BCUT2D eigenvalue weighted by Gasteiger charge is 2.44. The Labute approximate surface area is 194 Å². The maximum absolute atomic E-state index is 14.6. The SMILES string of the molecule is CCc1cc(F)cc2c1[nH]c1nc(Nc3cnc4ccnn4c3)nc(N3C[C@H]4C[C@@H]3C[C@H]4N)c12. The van der Waals surface area contributed by atoms with Crippen molar-refractivity contribution in [3.05, 3.63) is 48.2 Å². The summed E-state index contributed by atoms with van der Waals surface area (Å²) < 4.78 is 16.3.